The summed E-state index contributed by atoms with van der Waals surface area (Å²) in [5.41, 5.74) is 8.43. The Hall–Kier alpha value is -3.48. The molecule has 35 heavy (non-hydrogen) atoms. The summed E-state index contributed by atoms with van der Waals surface area (Å²) in [5.74, 6) is 6.87. The molecule has 1 atom stereocenters. The minimum Gasteiger partial charge on any atom is -0.299 e. The molecule has 1 fully saturated rings. The number of hydrogen-bond donors (Lipinski definition) is 0. The first-order chi connectivity index (χ1) is 17.1. The number of carbonyl (C=O) groups is 1. The van der Waals surface area contributed by atoms with Crippen LogP contribution in [0.25, 0.3) is 0 Å². The van der Waals surface area contributed by atoms with Gasteiger partial charge in [0.2, 0.25) is 0 Å². The average molecular weight is 461 g/mol. The second-order valence-corrected chi connectivity index (χ2v) is 9.84. The first-order valence-corrected chi connectivity index (χ1v) is 12.7. The van der Waals surface area contributed by atoms with Gasteiger partial charge in [0, 0.05) is 35.9 Å². The van der Waals surface area contributed by atoms with Gasteiger partial charge in [-0.15, -0.1) is 0 Å². The molecule has 2 heterocycles. The summed E-state index contributed by atoms with van der Waals surface area (Å²) >= 11 is 0. The minimum atomic E-state index is 0.127. The predicted molar refractivity (Wildman–Crippen MR) is 144 cm³/mol. The normalized spacial score (nSPS) is 19.0. The highest BCUT2D eigenvalue weighted by molar-refractivity contribution is 6.04. The number of benzene rings is 2. The van der Waals surface area contributed by atoms with E-state index in [0.717, 1.165) is 34.5 Å². The van der Waals surface area contributed by atoms with Crippen molar-refractivity contribution in [3.05, 3.63) is 106 Å². The number of fused-ring (bicyclic) bond motifs is 1. The van der Waals surface area contributed by atoms with Crippen LogP contribution >= 0.6 is 0 Å². The van der Waals surface area contributed by atoms with Crippen LogP contribution in [0, 0.1) is 31.6 Å². The van der Waals surface area contributed by atoms with E-state index >= 15 is 0 Å². The Bertz CT molecular complexity index is 1320. The van der Waals surface area contributed by atoms with Crippen molar-refractivity contribution in [2.45, 2.75) is 46.1 Å². The molecule has 0 aromatic heterocycles. The van der Waals surface area contributed by atoms with Crippen LogP contribution in [0.5, 0.6) is 0 Å². The van der Waals surface area contributed by atoms with E-state index in [9.17, 15) is 4.79 Å². The van der Waals surface area contributed by atoms with Gasteiger partial charge in [0.25, 0.3) is 0 Å². The number of aliphatic imine (C=N–C) groups is 1. The third-order valence-corrected chi connectivity index (χ3v) is 7.20. The molecular weight excluding hydrogens is 428 g/mol. The van der Waals surface area contributed by atoms with Crippen molar-refractivity contribution in [1.29, 1.82) is 0 Å². The lowest BCUT2D eigenvalue weighted by atomic mass is 9.92. The Kier molecular flexibility index (Phi) is 6.93. The molecule has 1 unspecified atom stereocenters. The van der Waals surface area contributed by atoms with Crippen molar-refractivity contribution in [2.75, 3.05) is 13.1 Å². The molecule has 0 N–H and O–H groups in total. The van der Waals surface area contributed by atoms with E-state index < -0.39 is 0 Å². The molecule has 3 nitrogen and oxygen atoms in total. The number of rotatable bonds is 5. The third-order valence-electron chi connectivity index (χ3n) is 7.20. The molecule has 0 amide bonds. The van der Waals surface area contributed by atoms with E-state index in [1.165, 1.54) is 43.5 Å². The molecule has 1 aliphatic carbocycles. The van der Waals surface area contributed by atoms with Gasteiger partial charge in [-0.25, -0.2) is 0 Å². The summed E-state index contributed by atoms with van der Waals surface area (Å²) in [5, 5.41) is 0. The van der Waals surface area contributed by atoms with Gasteiger partial charge in [-0.05, 0) is 74.2 Å². The zero-order valence-electron chi connectivity index (χ0n) is 20.7. The van der Waals surface area contributed by atoms with Gasteiger partial charge < -0.3 is 0 Å². The molecule has 5 rings (SSSR count). The molecule has 0 spiro atoms. The van der Waals surface area contributed by atoms with Crippen LogP contribution in [0.4, 0.5) is 0 Å². The van der Waals surface area contributed by atoms with Crippen LogP contribution in [-0.4, -0.2) is 29.5 Å². The van der Waals surface area contributed by atoms with Gasteiger partial charge in [0.05, 0.1) is 11.6 Å². The number of piperidine rings is 1. The highest BCUT2D eigenvalue weighted by Gasteiger charge is 2.21. The van der Waals surface area contributed by atoms with Crippen molar-refractivity contribution in [2.24, 2.45) is 10.9 Å². The number of Topliss-reactive ketones (excluding diaryl/α,β-unsaturated/α-hetero) is 1. The number of ketones is 1. The maximum atomic E-state index is 13.1. The SMILES string of the molecule is Cc1ccc(C(=O)Cc2ccc(CN3CCCCC3)c(C)c2)cc1C#CC1=CN=C2C=CC=CC12. The van der Waals surface area contributed by atoms with Gasteiger partial charge in [-0.2, -0.15) is 0 Å². The lowest BCUT2D eigenvalue weighted by Crippen LogP contribution is -2.29. The van der Waals surface area contributed by atoms with Crippen LogP contribution in [-0.2, 0) is 13.0 Å². The fraction of sp³-hybridized carbons (Fsp3) is 0.312. The van der Waals surface area contributed by atoms with Crippen molar-refractivity contribution in [1.82, 2.24) is 4.90 Å². The number of aryl methyl sites for hydroxylation is 2. The Morgan fingerprint density at radius 1 is 1.00 bits per heavy atom. The minimum absolute atomic E-state index is 0.127. The number of allylic oxidation sites excluding steroid dienone is 5. The molecule has 2 aromatic carbocycles. The van der Waals surface area contributed by atoms with E-state index in [1.54, 1.807) is 0 Å². The Balaban J connectivity index is 1.27. The van der Waals surface area contributed by atoms with Crippen molar-refractivity contribution in [3.8, 4) is 11.8 Å². The molecule has 0 bridgehead atoms. The lowest BCUT2D eigenvalue weighted by Gasteiger charge is -2.27. The standard InChI is InChI=1S/C32H32N2O/c1-23-10-12-27(20-26(23)14-15-28-21-33-31-9-5-4-8-30(28)31)32(35)19-25-11-13-29(24(2)18-25)22-34-16-6-3-7-17-34/h4-5,8-13,18,20-21,30H,3,6-7,16-17,19,22H2,1-2H3. The third kappa shape index (κ3) is 5.45. The smallest absolute Gasteiger partial charge is 0.167 e. The fourth-order valence-electron chi connectivity index (χ4n) is 5.01. The highest BCUT2D eigenvalue weighted by Crippen LogP contribution is 2.25. The van der Waals surface area contributed by atoms with E-state index in [0.29, 0.717) is 12.0 Å². The van der Waals surface area contributed by atoms with Crippen molar-refractivity contribution >= 4 is 11.5 Å². The highest BCUT2D eigenvalue weighted by atomic mass is 16.1. The van der Waals surface area contributed by atoms with Crippen LogP contribution < -0.4 is 0 Å². The van der Waals surface area contributed by atoms with E-state index in [4.69, 9.17) is 0 Å². The number of nitrogens with zero attached hydrogens (tertiary/aromatic N) is 2. The molecule has 0 saturated carbocycles. The largest absolute Gasteiger partial charge is 0.299 e. The molecule has 2 aliphatic heterocycles. The predicted octanol–water partition coefficient (Wildman–Crippen LogP) is 6.15. The summed E-state index contributed by atoms with van der Waals surface area (Å²) in [6, 6.07) is 12.4. The van der Waals surface area contributed by atoms with Gasteiger partial charge in [0.15, 0.2) is 5.78 Å². The molecule has 1 saturated heterocycles. The Morgan fingerprint density at radius 2 is 1.86 bits per heavy atom. The van der Waals surface area contributed by atoms with E-state index in [1.807, 2.05) is 49.6 Å². The van der Waals surface area contributed by atoms with E-state index in [2.05, 4.69) is 52.9 Å². The molecule has 3 aliphatic rings. The zero-order valence-corrected chi connectivity index (χ0v) is 20.7. The van der Waals surface area contributed by atoms with Crippen LogP contribution in [0.2, 0.25) is 0 Å². The maximum Gasteiger partial charge on any atom is 0.167 e. The Morgan fingerprint density at radius 3 is 2.69 bits per heavy atom. The number of hydrogen-bond acceptors (Lipinski definition) is 3. The second kappa shape index (κ2) is 10.4. The number of likely N-dealkylation sites (tertiary alicyclic amines) is 1. The summed E-state index contributed by atoms with van der Waals surface area (Å²) in [6.45, 7) is 7.60. The van der Waals surface area contributed by atoms with Gasteiger partial charge in [-0.1, -0.05) is 66.8 Å². The van der Waals surface area contributed by atoms with Gasteiger partial charge in [-0.3, -0.25) is 14.7 Å². The molecular formula is C32H32N2O. The second-order valence-electron chi connectivity index (χ2n) is 9.84. The molecule has 0 radical (unpaired) electrons. The average Bonchev–Trinajstić information content (AvgIpc) is 3.29. The van der Waals surface area contributed by atoms with Gasteiger partial charge >= 0.3 is 0 Å². The first kappa shape index (κ1) is 23.3. The lowest BCUT2D eigenvalue weighted by molar-refractivity contribution is 0.0993. The topological polar surface area (TPSA) is 32.7 Å². The van der Waals surface area contributed by atoms with E-state index in [-0.39, 0.29) is 11.7 Å². The quantitative estimate of drug-likeness (QED) is 0.396. The number of carbonyl (C=O) groups excluding carboxylic acids is 1. The van der Waals surface area contributed by atoms with Crippen LogP contribution in [0.1, 0.15) is 57.4 Å². The maximum absolute atomic E-state index is 13.1. The molecule has 176 valence electrons. The summed E-state index contributed by atoms with van der Waals surface area (Å²) < 4.78 is 0. The summed E-state index contributed by atoms with van der Waals surface area (Å²) in [4.78, 5) is 20.1. The zero-order chi connectivity index (χ0) is 24.2. The molecule has 2 aromatic rings. The van der Waals surface area contributed by atoms with Crippen LogP contribution in [0.15, 0.2) is 77.5 Å². The van der Waals surface area contributed by atoms with Crippen LogP contribution in [0.3, 0.4) is 0 Å². The molecule has 3 heteroatoms. The fourth-order valence-corrected chi connectivity index (χ4v) is 5.01. The monoisotopic (exact) mass is 460 g/mol. The first-order valence-electron chi connectivity index (χ1n) is 12.7. The van der Waals surface area contributed by atoms with Gasteiger partial charge in [0.1, 0.15) is 0 Å². The Labute approximate surface area is 209 Å². The summed E-state index contributed by atoms with van der Waals surface area (Å²) in [6.07, 6.45) is 14.4. The summed E-state index contributed by atoms with van der Waals surface area (Å²) in [7, 11) is 0. The van der Waals surface area contributed by atoms with Crippen molar-refractivity contribution in [3.63, 3.8) is 0 Å². The van der Waals surface area contributed by atoms with Crippen molar-refractivity contribution < 1.29 is 4.79 Å².